The van der Waals surface area contributed by atoms with Gasteiger partial charge in [-0.1, -0.05) is 135 Å². The smallest absolute Gasteiger partial charge is 0.307 e. The van der Waals surface area contributed by atoms with Crippen molar-refractivity contribution in [3.8, 4) is 22.6 Å². The molecule has 3 aliphatic heterocycles. The number of piperidine rings is 3. The molecule has 1 unspecified atom stereocenters. The Morgan fingerprint density at radius 1 is 0.742 bits per heavy atom. The van der Waals surface area contributed by atoms with Crippen LogP contribution in [0.15, 0.2) is 138 Å². The number of phenolic OH excluding ortho intramolecular Hbond substituents is 1. The molecule has 2 bridgehead atoms. The van der Waals surface area contributed by atoms with E-state index < -0.39 is 6.10 Å². The highest BCUT2D eigenvalue weighted by Crippen LogP contribution is 2.39. The van der Waals surface area contributed by atoms with Crippen LogP contribution in [-0.4, -0.2) is 83.4 Å². The third kappa shape index (κ3) is 12.0. The fourth-order valence-electron chi connectivity index (χ4n) is 10.1. The van der Waals surface area contributed by atoms with Gasteiger partial charge in [0.2, 0.25) is 11.3 Å². The second-order valence-electron chi connectivity index (χ2n) is 18.4. The number of Topliss-reactive ketones (excluding diaryl/α,β-unsaturated/α-hetero) is 1. The number of phenols is 1. The summed E-state index contributed by atoms with van der Waals surface area (Å²) in [5.74, 6) is 0.802. The molecular formula is C56H64N3O7+. The molecule has 6 aromatic rings. The number of unbranched alkanes of at least 4 members (excludes halogenated alkanes) is 6. The number of esters is 1. The summed E-state index contributed by atoms with van der Waals surface area (Å²) in [5.41, 5.74) is 5.63. The van der Waals surface area contributed by atoms with E-state index >= 15 is 0 Å². The molecule has 4 N–H and O–H groups in total. The minimum Gasteiger partial charge on any atom is -0.506 e. The maximum Gasteiger partial charge on any atom is 0.307 e. The molecule has 0 saturated carbocycles. The van der Waals surface area contributed by atoms with Crippen molar-refractivity contribution in [2.45, 2.75) is 82.3 Å². The van der Waals surface area contributed by atoms with Gasteiger partial charge in [-0.05, 0) is 71.5 Å². The molecule has 0 aliphatic carbocycles. The number of hydrogen-bond donors (Lipinski definition) is 4. The Morgan fingerprint density at radius 3 is 2.17 bits per heavy atom. The number of aliphatic hydroxyl groups excluding tert-OH is 1. The Morgan fingerprint density at radius 2 is 1.42 bits per heavy atom. The number of aromatic amines is 1. The predicted molar refractivity (Wildman–Crippen MR) is 260 cm³/mol. The highest BCUT2D eigenvalue weighted by atomic mass is 16.5. The first-order chi connectivity index (χ1) is 32.2. The summed E-state index contributed by atoms with van der Waals surface area (Å²) < 4.78 is 13.6. The minimum atomic E-state index is -0.761. The zero-order chi connectivity index (χ0) is 45.7. The van der Waals surface area contributed by atoms with Crippen LogP contribution in [0.2, 0.25) is 0 Å². The van der Waals surface area contributed by atoms with Crippen LogP contribution in [0.25, 0.3) is 22.0 Å². The Balaban J connectivity index is 0.821. The van der Waals surface area contributed by atoms with Crippen LogP contribution in [0.3, 0.4) is 0 Å². The number of quaternary nitrogens is 1. The number of hydrogen-bond acceptors (Lipinski definition) is 8. The first-order valence-electron chi connectivity index (χ1n) is 24.0. The van der Waals surface area contributed by atoms with Crippen LogP contribution in [0.1, 0.15) is 103 Å². The van der Waals surface area contributed by atoms with E-state index in [4.69, 9.17) is 9.47 Å². The van der Waals surface area contributed by atoms with Gasteiger partial charge < -0.3 is 34.5 Å². The summed E-state index contributed by atoms with van der Waals surface area (Å²) in [7, 11) is 0. The fraction of sp³-hybridized carbons (Fsp3) is 0.375. The van der Waals surface area contributed by atoms with Crippen molar-refractivity contribution in [3.63, 3.8) is 0 Å². The van der Waals surface area contributed by atoms with Gasteiger partial charge in [-0.3, -0.25) is 14.4 Å². The first kappa shape index (κ1) is 46.5. The summed E-state index contributed by atoms with van der Waals surface area (Å²) in [4.78, 5) is 41.8. The molecule has 5 aromatic carbocycles. The number of aromatic hydroxyl groups is 1. The highest BCUT2D eigenvalue weighted by Gasteiger charge is 2.48. The van der Waals surface area contributed by atoms with E-state index in [1.54, 1.807) is 12.1 Å². The van der Waals surface area contributed by atoms with Gasteiger partial charge in [-0.2, -0.15) is 0 Å². The van der Waals surface area contributed by atoms with Crippen LogP contribution in [0, 0.1) is 5.92 Å². The zero-order valence-electron chi connectivity index (χ0n) is 37.9. The maximum absolute atomic E-state index is 14.1. The Bertz CT molecular complexity index is 2570. The van der Waals surface area contributed by atoms with E-state index in [-0.39, 0.29) is 41.5 Å². The standard InChI is InChI=1S/C56H63N3O7/c60-50-25-23-47(48-24-26-54(63)58-56(48)50)51(61)37-57-29-15-4-2-1-3-5-16-32-65-46-34-44(40-17-9-6-10-18-40)33-45(35-46)49(41-19-11-7-12-20-41)36-55(64)66-53-39-59(30-27-43(53)28-31-59)38-52(62)42-21-13-8-14-22-42/h6-14,17-26,33-35,43,49,51,53,57,61H,1-5,15-16,27-32,36-39H2,(H-,58,60,63)/p+1/t43?,49?,51-,53-,59?/m0/s1. The molecule has 3 saturated heterocycles. The van der Waals surface area contributed by atoms with Gasteiger partial charge in [-0.25, -0.2) is 0 Å². The topological polar surface area (TPSA) is 138 Å². The number of ketones is 1. The number of carbonyl (C=O) groups is 2. The van der Waals surface area contributed by atoms with Crippen molar-refractivity contribution >= 4 is 22.7 Å². The molecular weight excluding hydrogens is 827 g/mol. The number of pyridine rings is 1. The second-order valence-corrected chi connectivity index (χ2v) is 18.4. The molecule has 0 spiro atoms. The van der Waals surface area contributed by atoms with Gasteiger partial charge in [0.25, 0.3) is 0 Å². The van der Waals surface area contributed by atoms with Gasteiger partial charge in [-0.15, -0.1) is 0 Å². The third-order valence-electron chi connectivity index (χ3n) is 13.8. The van der Waals surface area contributed by atoms with Crippen molar-refractivity contribution in [3.05, 3.63) is 166 Å². The van der Waals surface area contributed by atoms with E-state index in [0.717, 1.165) is 111 Å². The highest BCUT2D eigenvalue weighted by molar-refractivity contribution is 5.97. The molecule has 344 valence electrons. The monoisotopic (exact) mass is 890 g/mol. The van der Waals surface area contributed by atoms with Crippen molar-refractivity contribution in [1.82, 2.24) is 10.3 Å². The first-order valence-corrected chi connectivity index (χ1v) is 24.0. The van der Waals surface area contributed by atoms with E-state index in [2.05, 4.69) is 52.8 Å². The summed E-state index contributed by atoms with van der Waals surface area (Å²) in [6.45, 7) is 4.80. The number of nitrogens with one attached hydrogen (secondary N) is 2. The molecule has 4 heterocycles. The quantitative estimate of drug-likeness (QED) is 0.0216. The Labute approximate surface area is 388 Å². The molecule has 3 atom stereocenters. The number of fused-ring (bicyclic) bond motifs is 4. The number of H-pyrrole nitrogens is 1. The largest absolute Gasteiger partial charge is 0.506 e. The molecule has 3 aliphatic rings. The summed E-state index contributed by atoms with van der Waals surface area (Å²) in [6.07, 6.45) is 8.71. The number of rotatable bonds is 23. The molecule has 66 heavy (non-hydrogen) atoms. The Hall–Kier alpha value is -6.07. The van der Waals surface area contributed by atoms with Crippen LogP contribution in [-0.2, 0) is 9.53 Å². The fourth-order valence-corrected chi connectivity index (χ4v) is 10.1. The lowest BCUT2D eigenvalue weighted by atomic mass is 9.82. The molecule has 9 rings (SSSR count). The minimum absolute atomic E-state index is 0.0159. The van der Waals surface area contributed by atoms with Gasteiger partial charge in [0.15, 0.2) is 6.10 Å². The lowest BCUT2D eigenvalue weighted by Gasteiger charge is -2.51. The van der Waals surface area contributed by atoms with Gasteiger partial charge in [0.05, 0.1) is 37.7 Å². The van der Waals surface area contributed by atoms with Crippen LogP contribution in [0.5, 0.6) is 11.5 Å². The SMILES string of the molecule is O=C(CC(c1ccccc1)c1cc(OCCCCCCCCCNC[C@H](O)c2ccc(O)c3[nH]c(=O)ccc23)cc(-c2ccccc2)c1)O[C@H]1C[N+]2(CC(=O)c3ccccc3)CCC1CC2. The van der Waals surface area contributed by atoms with Crippen LogP contribution >= 0.6 is 0 Å². The number of benzene rings is 5. The van der Waals surface area contributed by atoms with Crippen molar-refractivity contribution in [2.24, 2.45) is 5.92 Å². The average Bonchev–Trinajstić information content (AvgIpc) is 3.34. The van der Waals surface area contributed by atoms with Crippen LogP contribution < -0.4 is 15.6 Å². The predicted octanol–water partition coefficient (Wildman–Crippen LogP) is 9.89. The van der Waals surface area contributed by atoms with E-state index in [1.807, 2.05) is 66.7 Å². The number of ether oxygens (including phenoxy) is 2. The van der Waals surface area contributed by atoms with Gasteiger partial charge in [0, 0.05) is 48.2 Å². The number of carbonyl (C=O) groups excluding carboxylic acids is 2. The lowest BCUT2D eigenvalue weighted by molar-refractivity contribution is -0.938. The molecule has 1 aromatic heterocycles. The van der Waals surface area contributed by atoms with Crippen LogP contribution in [0.4, 0.5) is 0 Å². The second kappa shape index (κ2) is 22.4. The molecule has 10 heteroatoms. The Kier molecular flexibility index (Phi) is 15.8. The zero-order valence-corrected chi connectivity index (χ0v) is 37.9. The summed E-state index contributed by atoms with van der Waals surface area (Å²) >= 11 is 0. The number of aromatic nitrogens is 1. The lowest BCUT2D eigenvalue weighted by Crippen LogP contribution is -2.65. The normalized spacial score (nSPS) is 18.7. The van der Waals surface area contributed by atoms with Gasteiger partial charge >= 0.3 is 5.97 Å². The molecule has 10 nitrogen and oxygen atoms in total. The van der Waals surface area contributed by atoms with Crippen molar-refractivity contribution in [1.29, 1.82) is 0 Å². The van der Waals surface area contributed by atoms with Crippen molar-refractivity contribution in [2.75, 3.05) is 45.9 Å². The van der Waals surface area contributed by atoms with E-state index in [1.165, 1.54) is 12.1 Å². The number of nitrogens with zero attached hydrogens (tertiary/aromatic N) is 1. The third-order valence-corrected chi connectivity index (χ3v) is 13.8. The molecule has 0 radical (unpaired) electrons. The van der Waals surface area contributed by atoms with Gasteiger partial charge in [0.1, 0.15) is 24.6 Å². The number of aliphatic hydroxyl groups is 1. The molecule has 0 amide bonds. The van der Waals surface area contributed by atoms with E-state index in [0.29, 0.717) is 53.1 Å². The summed E-state index contributed by atoms with van der Waals surface area (Å²) in [6, 6.07) is 42.7. The van der Waals surface area contributed by atoms with E-state index in [9.17, 15) is 24.6 Å². The van der Waals surface area contributed by atoms with Crippen molar-refractivity contribution < 1.29 is 33.8 Å². The summed E-state index contributed by atoms with van der Waals surface area (Å²) in [5, 5.41) is 25.0. The maximum atomic E-state index is 14.1. The average molecular weight is 891 g/mol. The molecule has 3 fully saturated rings.